The zero-order valence-electron chi connectivity index (χ0n) is 10.5. The molecule has 0 atom stereocenters. The Kier molecular flexibility index (Phi) is 27.8. The molecule has 0 radical (unpaired) electrons. The summed E-state index contributed by atoms with van der Waals surface area (Å²) in [5.74, 6) is 0. The molecular weight excluding hydrogens is 206 g/mol. The second kappa shape index (κ2) is 23.5. The Balaban J connectivity index is -0.000000186. The first-order chi connectivity index (χ1) is 8.26. The molecule has 1 aromatic rings. The Hall–Kier alpha value is -2.33. The van der Waals surface area contributed by atoms with Gasteiger partial charge < -0.3 is 0 Å². The SMILES string of the molecule is C#N.C=CC.C=CC=C.C=Cc1ccccc1. The molecule has 0 aliphatic heterocycles. The standard InChI is InChI=1S/C8H8.C4H6.C3H6.CHN/c1-2-8-6-4-3-5-7-8;1-3-4-2;1-3-2;1-2/h2-7H,1H2;3-4H,1-2H2;3H,1H2,2H3;1H. The summed E-state index contributed by atoms with van der Waals surface area (Å²) in [5, 5.41) is 6.50. The summed E-state index contributed by atoms with van der Waals surface area (Å²) in [4.78, 5) is 0. The minimum absolute atomic E-state index is 1.17. The summed E-state index contributed by atoms with van der Waals surface area (Å²) in [6.07, 6.45) is 6.86. The maximum absolute atomic E-state index is 6.50. The Morgan fingerprint density at radius 3 is 1.47 bits per heavy atom. The van der Waals surface area contributed by atoms with Crippen molar-refractivity contribution in [1.29, 1.82) is 5.26 Å². The van der Waals surface area contributed by atoms with E-state index in [1.165, 1.54) is 5.56 Å². The van der Waals surface area contributed by atoms with Gasteiger partial charge in [-0.1, -0.05) is 74.4 Å². The molecule has 0 N–H and O–H groups in total. The summed E-state index contributed by atoms with van der Waals surface area (Å²) in [6.45, 7) is 19.1. The first kappa shape index (κ1) is 20.1. The van der Waals surface area contributed by atoms with Crippen molar-refractivity contribution in [3.05, 3.63) is 80.4 Å². The third kappa shape index (κ3) is 24.8. The van der Waals surface area contributed by atoms with Crippen LogP contribution in [0.2, 0.25) is 0 Å². The molecule has 0 bridgehead atoms. The first-order valence-corrected chi connectivity index (χ1v) is 5.00. The van der Waals surface area contributed by atoms with Gasteiger partial charge in [0.05, 0.1) is 0 Å². The smallest absolute Gasteiger partial charge is 0.0462 e. The van der Waals surface area contributed by atoms with E-state index in [0.29, 0.717) is 0 Å². The molecule has 0 spiro atoms. The first-order valence-electron chi connectivity index (χ1n) is 5.00. The minimum Gasteiger partial charge on any atom is -0.202 e. The van der Waals surface area contributed by atoms with Gasteiger partial charge in [0.15, 0.2) is 0 Å². The zero-order chi connectivity index (χ0) is 13.9. The van der Waals surface area contributed by atoms with E-state index in [2.05, 4.69) is 32.9 Å². The Morgan fingerprint density at radius 1 is 0.941 bits per heavy atom. The van der Waals surface area contributed by atoms with Gasteiger partial charge in [0.1, 0.15) is 0 Å². The van der Waals surface area contributed by atoms with Crippen LogP contribution < -0.4 is 0 Å². The molecule has 0 unspecified atom stereocenters. The molecule has 0 aliphatic rings. The van der Waals surface area contributed by atoms with Gasteiger partial charge >= 0.3 is 0 Å². The lowest BCUT2D eigenvalue weighted by molar-refractivity contribution is 1.58. The van der Waals surface area contributed by atoms with E-state index >= 15 is 0 Å². The summed E-state index contributed by atoms with van der Waals surface area (Å²) in [6, 6.07) is 10.0. The van der Waals surface area contributed by atoms with Crippen LogP contribution >= 0.6 is 0 Å². The Bertz CT molecular complexity index is 301. The maximum Gasteiger partial charge on any atom is 0.0462 e. The Morgan fingerprint density at radius 2 is 1.29 bits per heavy atom. The summed E-state index contributed by atoms with van der Waals surface area (Å²) < 4.78 is 0. The fourth-order valence-electron chi connectivity index (χ4n) is 0.589. The van der Waals surface area contributed by atoms with Crippen molar-refractivity contribution in [3.63, 3.8) is 0 Å². The maximum atomic E-state index is 6.50. The predicted octanol–water partition coefficient (Wildman–Crippen LogP) is 5.02. The third-order valence-electron chi connectivity index (χ3n) is 1.20. The van der Waals surface area contributed by atoms with Crippen molar-refractivity contribution in [1.82, 2.24) is 0 Å². The van der Waals surface area contributed by atoms with Crippen LogP contribution in [-0.2, 0) is 0 Å². The van der Waals surface area contributed by atoms with Gasteiger partial charge in [-0.15, -0.1) is 6.58 Å². The number of hydrogen-bond acceptors (Lipinski definition) is 1. The topological polar surface area (TPSA) is 23.8 Å². The molecule has 0 aliphatic carbocycles. The highest BCUT2D eigenvalue weighted by molar-refractivity contribution is 5.45. The normalized spacial score (nSPS) is 6.06. The van der Waals surface area contributed by atoms with Crippen LogP contribution in [0.4, 0.5) is 0 Å². The highest BCUT2D eigenvalue weighted by Crippen LogP contribution is 1.97. The van der Waals surface area contributed by atoms with Crippen LogP contribution in [-0.4, -0.2) is 0 Å². The van der Waals surface area contributed by atoms with E-state index < -0.39 is 0 Å². The zero-order valence-corrected chi connectivity index (χ0v) is 10.5. The van der Waals surface area contributed by atoms with Crippen molar-refractivity contribution >= 4 is 6.08 Å². The molecule has 0 aromatic heterocycles. The van der Waals surface area contributed by atoms with E-state index in [1.54, 1.807) is 18.2 Å². The van der Waals surface area contributed by atoms with Crippen LogP contribution in [0.1, 0.15) is 12.5 Å². The van der Waals surface area contributed by atoms with Crippen molar-refractivity contribution in [2.45, 2.75) is 6.92 Å². The fourth-order valence-corrected chi connectivity index (χ4v) is 0.589. The lowest BCUT2D eigenvalue weighted by Crippen LogP contribution is -1.63. The molecule has 0 heterocycles. The van der Waals surface area contributed by atoms with Crippen molar-refractivity contribution in [2.75, 3.05) is 0 Å². The third-order valence-corrected chi connectivity index (χ3v) is 1.20. The van der Waals surface area contributed by atoms with Gasteiger partial charge in [-0.2, -0.15) is 0 Å². The second-order valence-electron chi connectivity index (χ2n) is 2.49. The molecule has 1 nitrogen and oxygen atoms in total. The summed E-state index contributed by atoms with van der Waals surface area (Å²) >= 11 is 0. The fraction of sp³-hybridized carbons (Fsp3) is 0.0625. The molecular formula is C16H21N. The van der Waals surface area contributed by atoms with Gasteiger partial charge in [-0.3, -0.25) is 0 Å². The van der Waals surface area contributed by atoms with Crippen molar-refractivity contribution in [3.8, 4) is 6.57 Å². The van der Waals surface area contributed by atoms with Crippen LogP contribution in [0.25, 0.3) is 6.08 Å². The van der Waals surface area contributed by atoms with Crippen LogP contribution in [0.3, 0.4) is 0 Å². The molecule has 0 saturated heterocycles. The van der Waals surface area contributed by atoms with Crippen molar-refractivity contribution < 1.29 is 0 Å². The Labute approximate surface area is 106 Å². The van der Waals surface area contributed by atoms with Gasteiger partial charge in [0, 0.05) is 6.57 Å². The molecule has 1 aromatic carbocycles. The van der Waals surface area contributed by atoms with E-state index in [0.717, 1.165) is 0 Å². The van der Waals surface area contributed by atoms with E-state index in [9.17, 15) is 0 Å². The number of benzene rings is 1. The van der Waals surface area contributed by atoms with E-state index in [-0.39, 0.29) is 0 Å². The van der Waals surface area contributed by atoms with Crippen LogP contribution in [0, 0.1) is 11.8 Å². The molecule has 0 fully saturated rings. The number of hydrogen-bond donors (Lipinski definition) is 0. The molecule has 17 heavy (non-hydrogen) atoms. The van der Waals surface area contributed by atoms with Gasteiger partial charge in [-0.25, -0.2) is 5.26 Å². The summed E-state index contributed by atoms with van der Waals surface area (Å²) in [5.41, 5.74) is 1.17. The van der Waals surface area contributed by atoms with Crippen molar-refractivity contribution in [2.24, 2.45) is 0 Å². The lowest BCUT2D eigenvalue weighted by atomic mass is 10.2. The molecule has 1 heteroatoms. The van der Waals surface area contributed by atoms with Gasteiger partial charge in [0.2, 0.25) is 0 Å². The number of nitriles is 1. The largest absolute Gasteiger partial charge is 0.202 e. The van der Waals surface area contributed by atoms with Gasteiger partial charge in [-0.05, 0) is 12.5 Å². The minimum atomic E-state index is 1.17. The number of rotatable bonds is 2. The highest BCUT2D eigenvalue weighted by Gasteiger charge is 1.75. The van der Waals surface area contributed by atoms with E-state index in [1.807, 2.05) is 43.3 Å². The average Bonchev–Trinajstić information content (AvgIpc) is 2.43. The van der Waals surface area contributed by atoms with Crippen LogP contribution in [0.15, 0.2) is 74.9 Å². The quantitative estimate of drug-likeness (QED) is 0.514. The molecule has 90 valence electrons. The van der Waals surface area contributed by atoms with E-state index in [4.69, 9.17) is 5.26 Å². The number of nitrogens with zero attached hydrogens (tertiary/aromatic N) is 1. The highest BCUT2D eigenvalue weighted by atomic mass is 14.2. The molecule has 1 rings (SSSR count). The average molecular weight is 227 g/mol. The number of allylic oxidation sites excluding steroid dienone is 3. The predicted molar refractivity (Wildman–Crippen MR) is 79.5 cm³/mol. The molecule has 0 saturated carbocycles. The van der Waals surface area contributed by atoms with Gasteiger partial charge in [0.25, 0.3) is 0 Å². The monoisotopic (exact) mass is 227 g/mol. The lowest BCUT2D eigenvalue weighted by Gasteiger charge is -1.85. The second-order valence-corrected chi connectivity index (χ2v) is 2.49. The van der Waals surface area contributed by atoms with Crippen LogP contribution in [0.5, 0.6) is 0 Å². The summed E-state index contributed by atoms with van der Waals surface area (Å²) in [7, 11) is 0. The molecule has 0 amide bonds.